The summed E-state index contributed by atoms with van der Waals surface area (Å²) in [6, 6.07) is 0. The predicted molar refractivity (Wildman–Crippen MR) is 23.2 cm³/mol. The van der Waals surface area contributed by atoms with E-state index >= 15 is 0 Å². The zero-order valence-corrected chi connectivity index (χ0v) is 5.83. The van der Waals surface area contributed by atoms with Crippen LogP contribution < -0.4 is 0 Å². The van der Waals surface area contributed by atoms with E-state index in [0.29, 0.717) is 0 Å². The van der Waals surface area contributed by atoms with E-state index in [2.05, 4.69) is 11.0 Å². The Bertz CT molecular complexity index is 95.0. The van der Waals surface area contributed by atoms with Crippen molar-refractivity contribution >= 4 is 0 Å². The summed E-state index contributed by atoms with van der Waals surface area (Å²) in [5.74, 6) is 0. The molecule has 0 heterocycles. The van der Waals surface area contributed by atoms with Gasteiger partial charge < -0.3 is 0 Å². The Labute approximate surface area is 47.6 Å². The zero-order valence-electron chi connectivity index (χ0n) is 3.29. The molecule has 0 saturated carbocycles. The summed E-state index contributed by atoms with van der Waals surface area (Å²) in [5, 5.41) is 0. The van der Waals surface area contributed by atoms with Crippen LogP contribution >= 0.6 is 0 Å². The van der Waals surface area contributed by atoms with Gasteiger partial charge in [0.05, 0.1) is 0 Å². The predicted octanol–water partition coefficient (Wildman–Crippen LogP) is 1.23. The van der Waals surface area contributed by atoms with Crippen LogP contribution in [0.3, 0.4) is 0 Å². The van der Waals surface area contributed by atoms with Gasteiger partial charge in [-0.05, 0) is 0 Å². The second-order valence-corrected chi connectivity index (χ2v) is 1.43. The molecule has 33 valence electrons. The molecule has 0 rings (SSSR count). The molecule has 0 unspecified atom stereocenters. The normalized spacial score (nSPS) is 8.00. The van der Waals surface area contributed by atoms with Gasteiger partial charge in [0.25, 0.3) is 0 Å². The first-order valence-electron chi connectivity index (χ1n) is 1.54. The summed E-state index contributed by atoms with van der Waals surface area (Å²) in [6.07, 6.45) is 5.39. The summed E-state index contributed by atoms with van der Waals surface area (Å²) in [5.41, 5.74) is 0. The Kier molecular flexibility index (Phi) is 4.81. The van der Waals surface area contributed by atoms with Gasteiger partial charge in [-0.3, -0.25) is 0 Å². The van der Waals surface area contributed by atoms with E-state index in [1.54, 1.807) is 24.0 Å². The molecule has 0 bridgehead atoms. The van der Waals surface area contributed by atoms with E-state index in [1.807, 2.05) is 12.2 Å². The molecule has 0 spiro atoms. The van der Waals surface area contributed by atoms with Crippen molar-refractivity contribution in [2.75, 3.05) is 0 Å². The van der Waals surface area contributed by atoms with Crippen molar-refractivity contribution in [2.45, 2.75) is 0 Å². The molecular formula is C5H5Os. The molecule has 0 aliphatic rings. The van der Waals surface area contributed by atoms with E-state index in [0.717, 1.165) is 0 Å². The van der Waals surface area contributed by atoms with Crippen molar-refractivity contribution in [1.29, 1.82) is 0 Å². The quantitative estimate of drug-likeness (QED) is 0.618. The second kappa shape index (κ2) is 4.90. The van der Waals surface area contributed by atoms with Gasteiger partial charge in [0.1, 0.15) is 0 Å². The average Bonchev–Trinajstić information content (AvgIpc) is 1.61. The third-order valence-electron chi connectivity index (χ3n) is 0.291. The van der Waals surface area contributed by atoms with Gasteiger partial charge in [0.15, 0.2) is 0 Å². The molecule has 0 saturated heterocycles. The Morgan fingerprint density at radius 1 is 1.67 bits per heavy atom. The molecule has 0 nitrogen and oxygen atoms in total. The maximum atomic E-state index is 3.47. The fourth-order valence-electron chi connectivity index (χ4n) is 0.102. The molecule has 0 aromatic rings. The van der Waals surface area contributed by atoms with E-state index in [4.69, 9.17) is 0 Å². The summed E-state index contributed by atoms with van der Waals surface area (Å²) < 4.78 is 2.84. The maximum absolute atomic E-state index is 3.47. The average molecular weight is 255 g/mol. The van der Waals surface area contributed by atoms with E-state index < -0.39 is 0 Å². The first kappa shape index (κ1) is 5.90. The van der Waals surface area contributed by atoms with Crippen molar-refractivity contribution < 1.29 is 17.9 Å². The van der Waals surface area contributed by atoms with Crippen LogP contribution in [0.5, 0.6) is 0 Å². The number of hydrogen-bond acceptors (Lipinski definition) is 0. The van der Waals surface area contributed by atoms with E-state index in [-0.39, 0.29) is 0 Å². The summed E-state index contributed by atoms with van der Waals surface area (Å²) >= 11 is 1.68. The van der Waals surface area contributed by atoms with Crippen LogP contribution in [0, 0.1) is 4.37 Å². The van der Waals surface area contributed by atoms with Crippen LogP contribution in [0.1, 0.15) is 0 Å². The van der Waals surface area contributed by atoms with Gasteiger partial charge in [-0.25, -0.2) is 0 Å². The van der Waals surface area contributed by atoms with Crippen LogP contribution in [0.2, 0.25) is 0 Å². The van der Waals surface area contributed by atoms with E-state index in [1.165, 1.54) is 0 Å². The Morgan fingerprint density at radius 3 is 2.50 bits per heavy atom. The van der Waals surface area contributed by atoms with Crippen molar-refractivity contribution in [3.05, 3.63) is 24.8 Å². The summed E-state index contributed by atoms with van der Waals surface area (Å²) in [6.45, 7) is 3.47. The molecule has 0 aromatic heterocycles. The first-order chi connectivity index (χ1) is 2.91. The van der Waals surface area contributed by atoms with Crippen LogP contribution in [-0.2, 0) is 17.9 Å². The first-order valence-corrected chi connectivity index (χ1v) is 2.81. The third kappa shape index (κ3) is 3.90. The zero-order chi connectivity index (χ0) is 4.83. The standard InChI is InChI=1S/C5H5.Os/c1-3-5-4-2;/h3-5H,1H2;/b5-4-;. The Morgan fingerprint density at radius 2 is 2.33 bits per heavy atom. The number of hydrogen-bond donors (Lipinski definition) is 0. The molecule has 0 fully saturated rings. The monoisotopic (exact) mass is 257 g/mol. The molecular weight excluding hydrogens is 250 g/mol. The fourth-order valence-corrected chi connectivity index (χ4v) is 0.347. The van der Waals surface area contributed by atoms with Crippen LogP contribution in [0.25, 0.3) is 0 Å². The van der Waals surface area contributed by atoms with Crippen molar-refractivity contribution in [3.63, 3.8) is 0 Å². The van der Waals surface area contributed by atoms with E-state index in [9.17, 15) is 0 Å². The van der Waals surface area contributed by atoms with Crippen LogP contribution in [0.15, 0.2) is 24.8 Å². The Balaban J connectivity index is 3.26. The van der Waals surface area contributed by atoms with Crippen LogP contribution in [0.4, 0.5) is 0 Å². The van der Waals surface area contributed by atoms with Gasteiger partial charge in [-0.15, -0.1) is 0 Å². The third-order valence-corrected chi connectivity index (χ3v) is 0.715. The number of allylic oxidation sites excluding steroid dienone is 3. The molecule has 1 heteroatoms. The van der Waals surface area contributed by atoms with Gasteiger partial charge >= 0.3 is 47.1 Å². The van der Waals surface area contributed by atoms with Gasteiger partial charge in [-0.1, -0.05) is 0 Å². The van der Waals surface area contributed by atoms with Gasteiger partial charge in [-0.2, -0.15) is 0 Å². The molecule has 0 amide bonds. The Hall–Kier alpha value is -0.104. The van der Waals surface area contributed by atoms with Crippen molar-refractivity contribution in [2.24, 2.45) is 0 Å². The molecule has 0 aromatic carbocycles. The minimum absolute atomic E-state index is 1.68. The van der Waals surface area contributed by atoms with Gasteiger partial charge in [0, 0.05) is 0 Å². The fraction of sp³-hybridized carbons (Fsp3) is 0. The molecule has 0 aliphatic carbocycles. The molecule has 0 atom stereocenters. The summed E-state index contributed by atoms with van der Waals surface area (Å²) in [4.78, 5) is 0. The SMILES string of the molecule is C=C/C=C\[C]#[Os]. The molecule has 0 N–H and O–H groups in total. The molecule has 0 aliphatic heterocycles. The van der Waals surface area contributed by atoms with Crippen molar-refractivity contribution in [1.82, 2.24) is 0 Å². The van der Waals surface area contributed by atoms with Crippen molar-refractivity contribution in [3.8, 4) is 4.37 Å². The minimum atomic E-state index is 1.68. The van der Waals surface area contributed by atoms with Crippen LogP contribution in [-0.4, -0.2) is 0 Å². The molecule has 0 radical (unpaired) electrons. The second-order valence-electron chi connectivity index (χ2n) is 0.697. The molecule has 6 heavy (non-hydrogen) atoms. The topological polar surface area (TPSA) is 0 Å². The van der Waals surface area contributed by atoms with Gasteiger partial charge in [0.2, 0.25) is 0 Å². The number of rotatable bonds is 1. The summed E-state index contributed by atoms with van der Waals surface area (Å²) in [7, 11) is 0.